The molecular weight excluding hydrogens is 390 g/mol. The molecular formula is C26H25NO4. The normalized spacial score (nSPS) is 17.3. The van der Waals surface area contributed by atoms with Crippen LogP contribution in [0.5, 0.6) is 11.5 Å². The van der Waals surface area contributed by atoms with Gasteiger partial charge in [0.25, 0.3) is 0 Å². The first-order valence-corrected chi connectivity index (χ1v) is 10.7. The molecule has 1 fully saturated rings. The highest BCUT2D eigenvalue weighted by Gasteiger charge is 2.43. The fraction of sp³-hybridized carbons (Fsp3) is 0.308. The van der Waals surface area contributed by atoms with Crippen molar-refractivity contribution < 1.29 is 19.1 Å². The number of benzene rings is 3. The van der Waals surface area contributed by atoms with Gasteiger partial charge < -0.3 is 14.4 Å². The van der Waals surface area contributed by atoms with Gasteiger partial charge in [-0.1, -0.05) is 42.5 Å². The molecule has 2 heterocycles. The van der Waals surface area contributed by atoms with Crippen LogP contribution in [0, 0.1) is 0 Å². The number of ether oxygens (including phenoxy) is 2. The maximum absolute atomic E-state index is 13.0. The second kappa shape index (κ2) is 7.73. The van der Waals surface area contributed by atoms with Gasteiger partial charge in [-0.25, -0.2) is 0 Å². The molecule has 5 rings (SSSR count). The van der Waals surface area contributed by atoms with E-state index in [1.807, 2.05) is 41.3 Å². The number of amides is 1. The molecule has 31 heavy (non-hydrogen) atoms. The lowest BCUT2D eigenvalue weighted by Crippen LogP contribution is -2.52. The molecule has 0 saturated carbocycles. The number of carbonyl (C=O) groups is 2. The lowest BCUT2D eigenvalue weighted by Gasteiger charge is -2.44. The second-order valence-corrected chi connectivity index (χ2v) is 8.44. The summed E-state index contributed by atoms with van der Waals surface area (Å²) in [6, 6.07) is 19.6. The van der Waals surface area contributed by atoms with Crippen molar-refractivity contribution in [1.29, 1.82) is 0 Å². The molecule has 3 aromatic carbocycles. The minimum Gasteiger partial charge on any atom is -0.497 e. The van der Waals surface area contributed by atoms with E-state index in [-0.39, 0.29) is 11.7 Å². The van der Waals surface area contributed by atoms with E-state index >= 15 is 0 Å². The molecule has 1 spiro atoms. The number of hydrogen-bond donors (Lipinski definition) is 0. The van der Waals surface area contributed by atoms with Crippen LogP contribution in [0.15, 0.2) is 60.7 Å². The number of likely N-dealkylation sites (tertiary alicyclic amines) is 1. The van der Waals surface area contributed by atoms with Gasteiger partial charge in [-0.3, -0.25) is 9.59 Å². The fourth-order valence-electron chi connectivity index (χ4n) is 4.76. The minimum atomic E-state index is -0.519. The Kier molecular flexibility index (Phi) is 4.89. The molecule has 0 radical (unpaired) electrons. The van der Waals surface area contributed by atoms with Gasteiger partial charge in [0, 0.05) is 25.9 Å². The van der Waals surface area contributed by atoms with Crippen LogP contribution in [0.1, 0.15) is 35.2 Å². The molecule has 158 valence electrons. The predicted molar refractivity (Wildman–Crippen MR) is 119 cm³/mol. The van der Waals surface area contributed by atoms with E-state index in [1.165, 1.54) is 0 Å². The van der Waals surface area contributed by atoms with Crippen LogP contribution >= 0.6 is 0 Å². The summed E-state index contributed by atoms with van der Waals surface area (Å²) in [5.74, 6) is 1.47. The third-order valence-corrected chi connectivity index (χ3v) is 6.55. The summed E-state index contributed by atoms with van der Waals surface area (Å²) in [4.78, 5) is 27.7. The quantitative estimate of drug-likeness (QED) is 0.636. The molecule has 1 amide bonds. The van der Waals surface area contributed by atoms with E-state index < -0.39 is 5.60 Å². The monoisotopic (exact) mass is 415 g/mol. The van der Waals surface area contributed by atoms with Crippen LogP contribution in [0.3, 0.4) is 0 Å². The Hall–Kier alpha value is -3.34. The summed E-state index contributed by atoms with van der Waals surface area (Å²) in [6.07, 6.45) is 2.05. The van der Waals surface area contributed by atoms with Crippen molar-refractivity contribution in [3.05, 3.63) is 71.8 Å². The third-order valence-electron chi connectivity index (χ3n) is 6.55. The van der Waals surface area contributed by atoms with Gasteiger partial charge >= 0.3 is 0 Å². The number of Topliss-reactive ketones (excluding diaryl/α,β-unsaturated/α-hetero) is 1. The van der Waals surface area contributed by atoms with Crippen LogP contribution in [-0.4, -0.2) is 42.4 Å². The minimum absolute atomic E-state index is 0.0793. The van der Waals surface area contributed by atoms with E-state index in [1.54, 1.807) is 13.2 Å². The average Bonchev–Trinajstić information content (AvgIpc) is 2.79. The first kappa shape index (κ1) is 19.6. The molecule has 0 bridgehead atoms. The Morgan fingerprint density at radius 1 is 1.06 bits per heavy atom. The van der Waals surface area contributed by atoms with Crippen molar-refractivity contribution >= 4 is 22.5 Å². The molecule has 0 aromatic heterocycles. The van der Waals surface area contributed by atoms with Crippen LogP contribution in [0.25, 0.3) is 10.8 Å². The maximum atomic E-state index is 13.0. The van der Waals surface area contributed by atoms with E-state index in [9.17, 15) is 9.59 Å². The Morgan fingerprint density at radius 2 is 1.84 bits per heavy atom. The molecule has 0 N–H and O–H groups in total. The van der Waals surface area contributed by atoms with Crippen molar-refractivity contribution in [2.75, 3.05) is 20.2 Å². The van der Waals surface area contributed by atoms with Gasteiger partial charge in [0.05, 0.1) is 25.5 Å². The fourth-order valence-corrected chi connectivity index (χ4v) is 4.76. The standard InChI is InChI=1S/C26H25NO4/c1-30-20-9-10-24-22(16-20)23(28)17-26(31-24)11-13-27(14-12-26)25(29)15-19-7-4-6-18-5-2-3-8-21(18)19/h2-10,16H,11-15,17H2,1H3. The molecule has 3 aromatic rings. The maximum Gasteiger partial charge on any atom is 0.227 e. The topological polar surface area (TPSA) is 55.8 Å². The van der Waals surface area contributed by atoms with E-state index in [4.69, 9.17) is 9.47 Å². The van der Waals surface area contributed by atoms with E-state index in [2.05, 4.69) is 18.2 Å². The highest BCUT2D eigenvalue weighted by molar-refractivity contribution is 6.00. The van der Waals surface area contributed by atoms with Gasteiger partial charge in [0.2, 0.25) is 5.91 Å². The molecule has 2 aliphatic heterocycles. The number of carbonyl (C=O) groups excluding carboxylic acids is 2. The lowest BCUT2D eigenvalue weighted by molar-refractivity contribution is -0.134. The largest absolute Gasteiger partial charge is 0.497 e. The average molecular weight is 415 g/mol. The van der Waals surface area contributed by atoms with Gasteiger partial charge in [0.15, 0.2) is 5.78 Å². The van der Waals surface area contributed by atoms with E-state index in [0.29, 0.717) is 55.8 Å². The number of rotatable bonds is 3. The van der Waals surface area contributed by atoms with Gasteiger partial charge in [-0.2, -0.15) is 0 Å². The third kappa shape index (κ3) is 3.65. The van der Waals surface area contributed by atoms with Crippen LogP contribution in [0.2, 0.25) is 0 Å². The first-order chi connectivity index (χ1) is 15.1. The molecule has 0 atom stereocenters. The second-order valence-electron chi connectivity index (χ2n) is 8.44. The molecule has 0 unspecified atom stereocenters. The SMILES string of the molecule is COc1ccc2c(c1)C(=O)CC1(CCN(C(=O)Cc3cccc4ccccc34)CC1)O2. The Labute approximate surface area is 181 Å². The van der Waals surface area contributed by atoms with Crippen LogP contribution in [-0.2, 0) is 11.2 Å². The number of hydrogen-bond acceptors (Lipinski definition) is 4. The zero-order chi connectivity index (χ0) is 21.4. The smallest absolute Gasteiger partial charge is 0.227 e. The van der Waals surface area contributed by atoms with Crippen LogP contribution < -0.4 is 9.47 Å². The highest BCUT2D eigenvalue weighted by atomic mass is 16.5. The highest BCUT2D eigenvalue weighted by Crippen LogP contribution is 2.40. The van der Waals surface area contributed by atoms with Gasteiger partial charge in [-0.05, 0) is 34.5 Å². The molecule has 5 nitrogen and oxygen atoms in total. The number of ketones is 1. The summed E-state index contributed by atoms with van der Waals surface area (Å²) in [6.45, 7) is 1.20. The summed E-state index contributed by atoms with van der Waals surface area (Å²) in [7, 11) is 1.59. The molecule has 1 saturated heterocycles. The van der Waals surface area contributed by atoms with Gasteiger partial charge in [0.1, 0.15) is 17.1 Å². The molecule has 0 aliphatic carbocycles. The first-order valence-electron chi connectivity index (χ1n) is 10.7. The Balaban J connectivity index is 1.28. The summed E-state index contributed by atoms with van der Waals surface area (Å²) in [5.41, 5.74) is 1.12. The Morgan fingerprint density at radius 3 is 2.65 bits per heavy atom. The Bertz CT molecular complexity index is 1160. The van der Waals surface area contributed by atoms with Crippen molar-refractivity contribution in [2.24, 2.45) is 0 Å². The predicted octanol–water partition coefficient (Wildman–Crippen LogP) is 4.42. The van der Waals surface area contributed by atoms with Crippen molar-refractivity contribution in [2.45, 2.75) is 31.3 Å². The molecule has 2 aliphatic rings. The molecule has 5 heteroatoms. The van der Waals surface area contributed by atoms with Crippen molar-refractivity contribution in [3.63, 3.8) is 0 Å². The van der Waals surface area contributed by atoms with Gasteiger partial charge in [-0.15, -0.1) is 0 Å². The summed E-state index contributed by atoms with van der Waals surface area (Å²) >= 11 is 0. The number of methoxy groups -OCH3 is 1. The number of fused-ring (bicyclic) bond motifs is 2. The van der Waals surface area contributed by atoms with Crippen molar-refractivity contribution in [3.8, 4) is 11.5 Å². The zero-order valence-corrected chi connectivity index (χ0v) is 17.6. The summed E-state index contributed by atoms with van der Waals surface area (Å²) < 4.78 is 11.5. The summed E-state index contributed by atoms with van der Waals surface area (Å²) in [5, 5.41) is 2.27. The van der Waals surface area contributed by atoms with Crippen LogP contribution in [0.4, 0.5) is 0 Å². The van der Waals surface area contributed by atoms with Crippen molar-refractivity contribution in [1.82, 2.24) is 4.90 Å². The number of nitrogens with zero attached hydrogens (tertiary/aromatic N) is 1. The zero-order valence-electron chi connectivity index (χ0n) is 17.6. The lowest BCUT2D eigenvalue weighted by atomic mass is 9.82. The number of piperidine rings is 1. The van der Waals surface area contributed by atoms with E-state index in [0.717, 1.165) is 16.3 Å².